The molecule has 0 nitrogen and oxygen atoms in total. The van der Waals surface area contributed by atoms with Gasteiger partial charge in [0.25, 0.3) is 0 Å². The third-order valence-corrected chi connectivity index (χ3v) is 6.83. The fourth-order valence-corrected chi connectivity index (χ4v) is 4.72. The summed E-state index contributed by atoms with van der Waals surface area (Å²) >= 11 is 1.55. The van der Waals surface area contributed by atoms with Gasteiger partial charge in [-0.15, -0.1) is 5.56 Å². The van der Waals surface area contributed by atoms with E-state index in [9.17, 15) is 0 Å². The van der Waals surface area contributed by atoms with Crippen molar-refractivity contribution in [2.45, 2.75) is 114 Å². The summed E-state index contributed by atoms with van der Waals surface area (Å²) in [7, 11) is 0. The van der Waals surface area contributed by atoms with Crippen molar-refractivity contribution in [2.75, 3.05) is 0 Å². The molecule has 0 N–H and O–H groups in total. The van der Waals surface area contributed by atoms with Gasteiger partial charge in [-0.05, 0) is 17.4 Å². The Morgan fingerprint density at radius 3 is 1.79 bits per heavy atom. The molecule has 0 amide bonds. The molecule has 0 saturated carbocycles. The van der Waals surface area contributed by atoms with Gasteiger partial charge in [-0.3, -0.25) is 6.08 Å². The Hall–Kier alpha value is -0.747. The minimum absolute atomic E-state index is 0. The number of fused-ring (bicyclic) bond motifs is 3. The van der Waals surface area contributed by atoms with Crippen LogP contribution in [0.15, 0.2) is 47.6 Å². The number of halogens is 2. The SMILES string of the molecule is CC(C)(C)c1c[c-]c2c(c1)-c1cc(C(C)(C)C)ccc1C2.CCC1=[C-]C(C)C=C1C(C)(C)C.C[C](C)=[Zr+2].[Cl-].[Cl-]. The number of benzene rings is 2. The van der Waals surface area contributed by atoms with Gasteiger partial charge in [-0.25, -0.2) is 5.57 Å². The molecular weight excluding hydrogens is 595 g/mol. The van der Waals surface area contributed by atoms with Gasteiger partial charge in [0.2, 0.25) is 0 Å². The summed E-state index contributed by atoms with van der Waals surface area (Å²) in [4.78, 5) is 0. The maximum Gasteiger partial charge on any atom is -1.00 e. The van der Waals surface area contributed by atoms with E-state index in [1.807, 2.05) is 0 Å². The normalized spacial score (nSPS) is 15.6. The predicted octanol–water partition coefficient (Wildman–Crippen LogP) is 4.15. The molecule has 0 heterocycles. The van der Waals surface area contributed by atoms with Crippen LogP contribution in [0.4, 0.5) is 0 Å². The Balaban J connectivity index is 0.000000687. The Kier molecular flexibility index (Phi) is 14.7. The van der Waals surface area contributed by atoms with Crippen LogP contribution in [-0.4, -0.2) is 3.21 Å². The average molecular weight is 645 g/mol. The number of hydrogen-bond donors (Lipinski definition) is 0. The molecule has 39 heavy (non-hydrogen) atoms. The molecule has 2 aromatic carbocycles. The first kappa shape index (κ1) is 38.3. The molecular formula is C36H50Cl2Zr-2. The third-order valence-electron chi connectivity index (χ3n) is 6.83. The molecule has 0 radical (unpaired) electrons. The monoisotopic (exact) mass is 642 g/mol. The maximum atomic E-state index is 3.53. The van der Waals surface area contributed by atoms with Gasteiger partial charge in [-0.2, -0.15) is 41.0 Å². The second-order valence-electron chi connectivity index (χ2n) is 13.9. The first-order valence-corrected chi connectivity index (χ1v) is 15.1. The fourth-order valence-electron chi connectivity index (χ4n) is 4.72. The van der Waals surface area contributed by atoms with Crippen LogP contribution in [0.5, 0.6) is 0 Å². The summed E-state index contributed by atoms with van der Waals surface area (Å²) < 4.78 is 1.51. The summed E-state index contributed by atoms with van der Waals surface area (Å²) in [5.74, 6) is 0.522. The van der Waals surface area contributed by atoms with Crippen molar-refractivity contribution in [3.63, 3.8) is 0 Å². The summed E-state index contributed by atoms with van der Waals surface area (Å²) in [5, 5.41) is 0. The van der Waals surface area contributed by atoms with E-state index >= 15 is 0 Å². The number of hydrogen-bond acceptors (Lipinski definition) is 0. The van der Waals surface area contributed by atoms with Gasteiger partial charge in [0.1, 0.15) is 0 Å². The smallest absolute Gasteiger partial charge is 1.00 e. The second-order valence-corrected chi connectivity index (χ2v) is 16.4. The van der Waals surface area contributed by atoms with Crippen LogP contribution in [0, 0.1) is 23.5 Å². The Bertz CT molecular complexity index is 1110. The van der Waals surface area contributed by atoms with Crippen molar-refractivity contribution in [1.29, 1.82) is 0 Å². The zero-order chi connectivity index (χ0) is 28.3. The molecule has 0 bridgehead atoms. The van der Waals surface area contributed by atoms with E-state index in [1.54, 1.807) is 24.2 Å². The van der Waals surface area contributed by atoms with E-state index in [-0.39, 0.29) is 35.6 Å². The molecule has 0 saturated heterocycles. The maximum absolute atomic E-state index is 3.53. The fraction of sp³-hybridized carbons (Fsp3) is 0.528. The van der Waals surface area contributed by atoms with Crippen molar-refractivity contribution in [2.24, 2.45) is 11.3 Å². The molecule has 214 valence electrons. The van der Waals surface area contributed by atoms with E-state index in [0.717, 1.165) is 12.8 Å². The zero-order valence-electron chi connectivity index (χ0n) is 26.7. The van der Waals surface area contributed by atoms with Gasteiger partial charge < -0.3 is 24.8 Å². The summed E-state index contributed by atoms with van der Waals surface area (Å²) in [5.41, 5.74) is 12.0. The largest absolute Gasteiger partial charge is 1.00 e. The van der Waals surface area contributed by atoms with Crippen molar-refractivity contribution >= 4 is 3.21 Å². The standard InChI is InChI=1S/C21H25.C12H19.C3H6.2ClH.Zr/c1-20(2,3)16-9-7-14-11-15-8-10-17(21(4,5)6)13-19(15)18(14)12-16;1-6-10-7-9(2)8-11(10)12(3,4)5;1-3-2;;;/h7,9-10,12-13H,11H2,1-6H3;8-9H,6H2,1-5H3;1-2H3;2*1H;/q2*-1;;;;+2/p-2. The predicted molar refractivity (Wildman–Crippen MR) is 161 cm³/mol. The Labute approximate surface area is 268 Å². The Morgan fingerprint density at radius 2 is 1.36 bits per heavy atom. The topological polar surface area (TPSA) is 0 Å². The first-order valence-electron chi connectivity index (χ1n) is 13.9. The summed E-state index contributed by atoms with van der Waals surface area (Å²) in [6, 6.07) is 15.1. The third kappa shape index (κ3) is 10.9. The van der Waals surface area contributed by atoms with E-state index in [1.165, 1.54) is 47.7 Å². The Morgan fingerprint density at radius 1 is 0.846 bits per heavy atom. The molecule has 2 aliphatic carbocycles. The minimum Gasteiger partial charge on any atom is -1.00 e. The number of rotatable bonds is 1. The van der Waals surface area contributed by atoms with Crippen molar-refractivity contribution < 1.29 is 49.0 Å². The van der Waals surface area contributed by atoms with Gasteiger partial charge in [0.05, 0.1) is 0 Å². The van der Waals surface area contributed by atoms with E-state index in [0.29, 0.717) is 11.3 Å². The van der Waals surface area contributed by atoms with Crippen LogP contribution in [0.3, 0.4) is 0 Å². The van der Waals surface area contributed by atoms with Crippen LogP contribution < -0.4 is 24.8 Å². The van der Waals surface area contributed by atoms with Crippen molar-refractivity contribution in [3.05, 3.63) is 82.0 Å². The summed E-state index contributed by atoms with van der Waals surface area (Å²) in [6.45, 7) is 29.1. The molecule has 1 atom stereocenters. The quantitative estimate of drug-likeness (QED) is 0.350. The molecule has 4 rings (SSSR count). The van der Waals surface area contributed by atoms with Gasteiger partial charge in [-0.1, -0.05) is 129 Å². The van der Waals surface area contributed by atoms with Crippen LogP contribution in [0.2, 0.25) is 0 Å². The molecule has 0 fully saturated rings. The molecule has 0 aromatic heterocycles. The first-order chi connectivity index (χ1) is 16.8. The molecule has 1 unspecified atom stereocenters. The van der Waals surface area contributed by atoms with Crippen LogP contribution in [-0.2, 0) is 41.5 Å². The second kappa shape index (κ2) is 14.9. The molecule has 3 heteroatoms. The molecule has 0 aliphatic heterocycles. The van der Waals surface area contributed by atoms with Crippen LogP contribution in [0.1, 0.15) is 119 Å². The molecule has 0 spiro atoms. The van der Waals surface area contributed by atoms with E-state index in [4.69, 9.17) is 0 Å². The van der Waals surface area contributed by atoms with E-state index < -0.39 is 0 Å². The minimum atomic E-state index is 0. The summed E-state index contributed by atoms with van der Waals surface area (Å²) in [6.07, 6.45) is 7.98. The van der Waals surface area contributed by atoms with Crippen molar-refractivity contribution in [1.82, 2.24) is 0 Å². The molecule has 2 aliphatic rings. The van der Waals surface area contributed by atoms with Gasteiger partial charge in [0, 0.05) is 0 Å². The van der Waals surface area contributed by atoms with Gasteiger partial charge >= 0.3 is 41.3 Å². The van der Waals surface area contributed by atoms with Crippen LogP contribution in [0.25, 0.3) is 11.1 Å². The van der Waals surface area contributed by atoms with Gasteiger partial charge in [0.15, 0.2) is 0 Å². The van der Waals surface area contributed by atoms with Crippen LogP contribution >= 0.6 is 0 Å². The average Bonchev–Trinajstić information content (AvgIpc) is 3.31. The zero-order valence-corrected chi connectivity index (χ0v) is 30.7. The molecule has 2 aromatic rings. The van der Waals surface area contributed by atoms with Crippen molar-refractivity contribution in [3.8, 4) is 11.1 Å². The number of allylic oxidation sites excluding steroid dienone is 4. The van der Waals surface area contributed by atoms with E-state index in [2.05, 4.69) is 139 Å².